The van der Waals surface area contributed by atoms with Crippen LogP contribution in [0.25, 0.3) is 0 Å². The fourth-order valence-corrected chi connectivity index (χ4v) is 1.03. The molecule has 10 heavy (non-hydrogen) atoms. The molecule has 0 N–H and O–H groups in total. The third kappa shape index (κ3) is 1.98. The van der Waals surface area contributed by atoms with Crippen LogP contribution in [0.5, 0.6) is 0 Å². The molecular weight excluding hydrogens is 190 g/mol. The summed E-state index contributed by atoms with van der Waals surface area (Å²) in [4.78, 5) is 0.238. The first-order valence-corrected chi connectivity index (χ1v) is 3.77. The standard InChI is InChI=1S/C7H4Cl3/c8-6-3-1-2-5(4-6)7(9)10/h1-4H/q-1. The van der Waals surface area contributed by atoms with Gasteiger partial charge in [0, 0.05) is 4.84 Å². The monoisotopic (exact) mass is 193 g/mol. The van der Waals surface area contributed by atoms with Gasteiger partial charge in [-0.25, -0.2) is 0 Å². The Bertz CT molecular complexity index is 220. The molecule has 0 aliphatic rings. The van der Waals surface area contributed by atoms with Crippen molar-refractivity contribution in [3.05, 3.63) is 39.7 Å². The van der Waals surface area contributed by atoms with Gasteiger partial charge in [0.1, 0.15) is 0 Å². The molecule has 1 aromatic carbocycles. The van der Waals surface area contributed by atoms with Crippen molar-refractivity contribution in [1.82, 2.24) is 0 Å². The highest BCUT2D eigenvalue weighted by Crippen LogP contribution is 2.25. The van der Waals surface area contributed by atoms with E-state index in [1.165, 1.54) is 0 Å². The lowest BCUT2D eigenvalue weighted by Gasteiger charge is -2.09. The Morgan fingerprint density at radius 3 is 2.30 bits per heavy atom. The molecule has 0 bridgehead atoms. The fourth-order valence-electron chi connectivity index (χ4n) is 0.606. The van der Waals surface area contributed by atoms with Gasteiger partial charge in [-0.2, -0.15) is 34.8 Å². The average molecular weight is 194 g/mol. The van der Waals surface area contributed by atoms with Crippen LogP contribution in [-0.2, 0) is 0 Å². The summed E-state index contributed by atoms with van der Waals surface area (Å²) >= 11 is 16.7. The molecular formula is C7H4Cl3-. The van der Waals surface area contributed by atoms with E-state index < -0.39 is 0 Å². The van der Waals surface area contributed by atoms with E-state index >= 15 is 0 Å². The number of hydrogen-bond acceptors (Lipinski definition) is 0. The van der Waals surface area contributed by atoms with E-state index in [0.29, 0.717) is 5.02 Å². The van der Waals surface area contributed by atoms with Gasteiger partial charge in [-0.1, -0.05) is 17.7 Å². The van der Waals surface area contributed by atoms with Crippen molar-refractivity contribution in [3.63, 3.8) is 0 Å². The van der Waals surface area contributed by atoms with Crippen LogP contribution in [-0.4, -0.2) is 0 Å². The fraction of sp³-hybridized carbons (Fsp3) is 0. The maximum Gasteiger partial charge on any atom is 0.00174 e. The topological polar surface area (TPSA) is 0 Å². The van der Waals surface area contributed by atoms with Crippen molar-refractivity contribution in [2.45, 2.75) is 0 Å². The molecule has 0 saturated heterocycles. The highest BCUT2D eigenvalue weighted by atomic mass is 35.5. The smallest absolute Gasteiger partial charge is 0.00174 e. The van der Waals surface area contributed by atoms with Gasteiger partial charge >= 0.3 is 0 Å². The lowest BCUT2D eigenvalue weighted by molar-refractivity contribution is 1.55. The van der Waals surface area contributed by atoms with Gasteiger partial charge in [0.15, 0.2) is 0 Å². The molecule has 0 nitrogen and oxygen atoms in total. The lowest BCUT2D eigenvalue weighted by Crippen LogP contribution is -1.79. The van der Waals surface area contributed by atoms with Gasteiger partial charge in [0.05, 0.1) is 0 Å². The first-order chi connectivity index (χ1) is 4.70. The second kappa shape index (κ2) is 3.38. The van der Waals surface area contributed by atoms with Crippen molar-refractivity contribution < 1.29 is 0 Å². The second-order valence-electron chi connectivity index (χ2n) is 1.77. The zero-order chi connectivity index (χ0) is 7.56. The minimum Gasteiger partial charge on any atom is -0.161 e. The Labute approximate surface area is 74.7 Å². The number of hydrogen-bond donors (Lipinski definition) is 0. The molecule has 0 spiro atoms. The van der Waals surface area contributed by atoms with Crippen LogP contribution in [0, 0.1) is 4.84 Å². The highest BCUT2D eigenvalue weighted by Gasteiger charge is 1.91. The van der Waals surface area contributed by atoms with Crippen LogP contribution < -0.4 is 0 Å². The van der Waals surface area contributed by atoms with Crippen LogP contribution in [0.15, 0.2) is 24.3 Å². The molecule has 0 radical (unpaired) electrons. The Kier molecular flexibility index (Phi) is 2.72. The summed E-state index contributed by atoms with van der Waals surface area (Å²) in [6, 6.07) is 7.06. The summed E-state index contributed by atoms with van der Waals surface area (Å²) in [6.45, 7) is 0. The lowest BCUT2D eigenvalue weighted by atomic mass is 10.2. The van der Waals surface area contributed by atoms with Crippen LogP contribution in [0.3, 0.4) is 0 Å². The Morgan fingerprint density at radius 1 is 1.20 bits per heavy atom. The summed E-state index contributed by atoms with van der Waals surface area (Å²) < 4.78 is 0. The van der Waals surface area contributed by atoms with Gasteiger partial charge in [-0.15, -0.1) is 12.1 Å². The van der Waals surface area contributed by atoms with Crippen LogP contribution in [0.2, 0.25) is 5.02 Å². The van der Waals surface area contributed by atoms with Crippen LogP contribution in [0.4, 0.5) is 0 Å². The van der Waals surface area contributed by atoms with Gasteiger partial charge in [-0.3, -0.25) is 0 Å². The Hall–Kier alpha value is -0.0400. The van der Waals surface area contributed by atoms with Crippen molar-refractivity contribution in [2.75, 3.05) is 0 Å². The molecule has 0 aromatic heterocycles. The van der Waals surface area contributed by atoms with E-state index in [9.17, 15) is 0 Å². The molecule has 0 saturated carbocycles. The van der Waals surface area contributed by atoms with Crippen molar-refractivity contribution in [1.29, 1.82) is 0 Å². The van der Waals surface area contributed by atoms with Gasteiger partial charge in [-0.05, 0) is 5.02 Å². The highest BCUT2D eigenvalue weighted by molar-refractivity contribution is 6.54. The number of halogens is 3. The zero-order valence-corrected chi connectivity index (χ0v) is 7.21. The number of rotatable bonds is 1. The normalized spacial score (nSPS) is 9.50. The molecule has 54 valence electrons. The predicted octanol–water partition coefficient (Wildman–Crippen LogP) is 3.66. The average Bonchev–Trinajstić information content (AvgIpc) is 1.88. The molecule has 0 fully saturated rings. The molecule has 0 atom stereocenters. The summed E-state index contributed by atoms with van der Waals surface area (Å²) in [6.07, 6.45) is 0. The Balaban J connectivity index is 2.96. The predicted molar refractivity (Wildman–Crippen MR) is 45.5 cm³/mol. The zero-order valence-electron chi connectivity index (χ0n) is 4.94. The summed E-state index contributed by atoms with van der Waals surface area (Å²) in [5, 5.41) is 0.635. The quantitative estimate of drug-likeness (QED) is 0.599. The SMILES string of the molecule is Clc1cccc([C-](Cl)Cl)c1. The van der Waals surface area contributed by atoms with E-state index in [2.05, 4.69) is 0 Å². The minimum atomic E-state index is 0.238. The molecule has 0 unspecified atom stereocenters. The molecule has 0 amide bonds. The van der Waals surface area contributed by atoms with Crippen LogP contribution in [0.1, 0.15) is 5.56 Å². The summed E-state index contributed by atoms with van der Waals surface area (Å²) in [5.41, 5.74) is 0.746. The summed E-state index contributed by atoms with van der Waals surface area (Å²) in [7, 11) is 0. The maximum atomic E-state index is 5.66. The molecule has 0 aliphatic heterocycles. The first kappa shape index (κ1) is 8.06. The second-order valence-corrected chi connectivity index (χ2v) is 3.16. The molecule has 0 aliphatic carbocycles. The third-order valence-electron chi connectivity index (χ3n) is 1.04. The van der Waals surface area contributed by atoms with Gasteiger partial charge < -0.3 is 0 Å². The van der Waals surface area contributed by atoms with Crippen molar-refractivity contribution >= 4 is 34.8 Å². The van der Waals surface area contributed by atoms with E-state index in [1.54, 1.807) is 24.3 Å². The molecule has 1 aromatic rings. The van der Waals surface area contributed by atoms with Crippen molar-refractivity contribution in [3.8, 4) is 0 Å². The van der Waals surface area contributed by atoms with Crippen molar-refractivity contribution in [2.24, 2.45) is 0 Å². The summed E-state index contributed by atoms with van der Waals surface area (Å²) in [5.74, 6) is 0. The van der Waals surface area contributed by atoms with Crippen LogP contribution >= 0.6 is 34.8 Å². The number of benzene rings is 1. The third-order valence-corrected chi connectivity index (χ3v) is 1.71. The van der Waals surface area contributed by atoms with E-state index in [1.807, 2.05) is 0 Å². The molecule has 1 rings (SSSR count). The Morgan fingerprint density at radius 2 is 1.90 bits per heavy atom. The van der Waals surface area contributed by atoms with E-state index in [-0.39, 0.29) is 4.84 Å². The molecule has 0 heterocycles. The molecule has 3 heteroatoms. The van der Waals surface area contributed by atoms with E-state index in [4.69, 9.17) is 34.8 Å². The van der Waals surface area contributed by atoms with Gasteiger partial charge in [0.25, 0.3) is 0 Å². The largest absolute Gasteiger partial charge is 0.161 e. The minimum absolute atomic E-state index is 0.238. The first-order valence-electron chi connectivity index (χ1n) is 2.64. The maximum absolute atomic E-state index is 5.66. The van der Waals surface area contributed by atoms with E-state index in [0.717, 1.165) is 5.56 Å². The van der Waals surface area contributed by atoms with Gasteiger partial charge in [0.2, 0.25) is 0 Å².